The number of carbonyl (C=O) groups excluding carboxylic acids is 1. The molecule has 0 spiro atoms. The Hall–Kier alpha value is -0.580. The van der Waals surface area contributed by atoms with Gasteiger partial charge in [0.15, 0.2) is 0 Å². The van der Waals surface area contributed by atoms with E-state index in [0.717, 1.165) is 30.3 Å². The van der Waals surface area contributed by atoms with Crippen molar-refractivity contribution in [3.63, 3.8) is 0 Å². The second kappa shape index (κ2) is 6.92. The highest BCUT2D eigenvalue weighted by Gasteiger charge is 2.31. The van der Waals surface area contributed by atoms with Crippen LogP contribution in [0.15, 0.2) is 22.7 Å². The summed E-state index contributed by atoms with van der Waals surface area (Å²) in [7, 11) is 0. The molecule has 3 nitrogen and oxygen atoms in total. The minimum absolute atomic E-state index is 0.0127. The van der Waals surface area contributed by atoms with Gasteiger partial charge >= 0.3 is 0 Å². The van der Waals surface area contributed by atoms with Crippen molar-refractivity contribution in [3.05, 3.63) is 33.3 Å². The summed E-state index contributed by atoms with van der Waals surface area (Å²) in [5, 5.41) is 0.478. The van der Waals surface area contributed by atoms with Gasteiger partial charge in [0.25, 0.3) is 5.91 Å². The van der Waals surface area contributed by atoms with Crippen LogP contribution in [0.1, 0.15) is 36.5 Å². The zero-order chi connectivity index (χ0) is 14.7. The average Bonchev–Trinajstić information content (AvgIpc) is 2.48. The maximum Gasteiger partial charge on any atom is 0.255 e. The standard InChI is InChI=1S/C15H20BrClN2O/c1-2-10-6-7-19(11(8-10)9-18)15(20)12-4-3-5-13(16)14(12)17/h3-5,10-11H,2,6-9,18H2,1H3. The highest BCUT2D eigenvalue weighted by atomic mass is 79.9. The first-order valence-electron chi connectivity index (χ1n) is 7.03. The second-order valence-corrected chi connectivity index (χ2v) is 6.52. The molecular weight excluding hydrogens is 340 g/mol. The highest BCUT2D eigenvalue weighted by Crippen LogP contribution is 2.30. The van der Waals surface area contributed by atoms with Crippen LogP contribution in [0.5, 0.6) is 0 Å². The normalized spacial score (nSPS) is 22.9. The van der Waals surface area contributed by atoms with E-state index in [1.807, 2.05) is 17.0 Å². The van der Waals surface area contributed by atoms with Crippen molar-refractivity contribution in [2.75, 3.05) is 13.1 Å². The lowest BCUT2D eigenvalue weighted by atomic mass is 9.88. The number of halogens is 2. The monoisotopic (exact) mass is 358 g/mol. The summed E-state index contributed by atoms with van der Waals surface area (Å²) in [6.07, 6.45) is 3.19. The number of nitrogens with two attached hydrogens (primary N) is 1. The lowest BCUT2D eigenvalue weighted by molar-refractivity contribution is 0.0558. The fourth-order valence-electron chi connectivity index (χ4n) is 2.82. The van der Waals surface area contributed by atoms with E-state index in [0.29, 0.717) is 23.0 Å². The Kier molecular flexibility index (Phi) is 5.47. The zero-order valence-corrected chi connectivity index (χ0v) is 14.0. The van der Waals surface area contributed by atoms with Crippen LogP contribution in [-0.4, -0.2) is 29.9 Å². The minimum atomic E-state index is -0.0127. The van der Waals surface area contributed by atoms with Gasteiger partial charge < -0.3 is 10.6 Å². The Labute approximate surface area is 133 Å². The molecule has 110 valence electrons. The number of likely N-dealkylation sites (tertiary alicyclic amines) is 1. The topological polar surface area (TPSA) is 46.3 Å². The lowest BCUT2D eigenvalue weighted by Gasteiger charge is -2.39. The maximum absolute atomic E-state index is 12.7. The molecular formula is C15H20BrClN2O. The molecule has 2 rings (SSSR count). The lowest BCUT2D eigenvalue weighted by Crippen LogP contribution is -2.49. The first-order chi connectivity index (χ1) is 9.58. The van der Waals surface area contributed by atoms with Gasteiger partial charge in [-0.25, -0.2) is 0 Å². The Morgan fingerprint density at radius 2 is 2.30 bits per heavy atom. The third-order valence-corrected chi connectivity index (χ3v) is 5.41. The van der Waals surface area contributed by atoms with Gasteiger partial charge in [-0.05, 0) is 46.8 Å². The average molecular weight is 360 g/mol. The predicted octanol–water partition coefficient (Wildman–Crippen LogP) is 3.69. The summed E-state index contributed by atoms with van der Waals surface area (Å²) in [5.41, 5.74) is 6.41. The number of hydrogen-bond donors (Lipinski definition) is 1. The van der Waals surface area contributed by atoms with E-state index in [1.54, 1.807) is 6.07 Å². The van der Waals surface area contributed by atoms with Gasteiger partial charge in [0, 0.05) is 23.6 Å². The van der Waals surface area contributed by atoms with Crippen molar-refractivity contribution in [1.82, 2.24) is 4.90 Å². The molecule has 0 bridgehead atoms. The molecule has 1 aliphatic heterocycles. The van der Waals surface area contributed by atoms with Crippen LogP contribution >= 0.6 is 27.5 Å². The van der Waals surface area contributed by atoms with Crippen LogP contribution in [-0.2, 0) is 0 Å². The maximum atomic E-state index is 12.7. The fourth-order valence-corrected chi connectivity index (χ4v) is 3.39. The first kappa shape index (κ1) is 15.8. The van der Waals surface area contributed by atoms with E-state index in [9.17, 15) is 4.79 Å². The molecule has 2 unspecified atom stereocenters. The summed E-state index contributed by atoms with van der Waals surface area (Å²) in [6.45, 7) is 3.47. The van der Waals surface area contributed by atoms with E-state index < -0.39 is 0 Å². The van der Waals surface area contributed by atoms with Gasteiger partial charge in [0.05, 0.1) is 10.6 Å². The SMILES string of the molecule is CCC1CCN(C(=O)c2cccc(Br)c2Cl)C(CN)C1. The van der Waals surface area contributed by atoms with E-state index in [2.05, 4.69) is 22.9 Å². The smallest absolute Gasteiger partial charge is 0.255 e. The molecule has 2 N–H and O–H groups in total. The van der Waals surface area contributed by atoms with E-state index >= 15 is 0 Å². The molecule has 1 aromatic rings. The van der Waals surface area contributed by atoms with Gasteiger partial charge in [0.1, 0.15) is 0 Å². The van der Waals surface area contributed by atoms with Crippen LogP contribution in [0, 0.1) is 5.92 Å². The number of carbonyl (C=O) groups is 1. The van der Waals surface area contributed by atoms with Gasteiger partial charge in [-0.15, -0.1) is 0 Å². The van der Waals surface area contributed by atoms with E-state index in [4.69, 9.17) is 17.3 Å². The van der Waals surface area contributed by atoms with Gasteiger partial charge in [-0.1, -0.05) is 31.0 Å². The molecule has 1 fully saturated rings. The molecule has 1 amide bonds. The largest absolute Gasteiger partial charge is 0.334 e. The Bertz CT molecular complexity index is 495. The third-order valence-electron chi connectivity index (χ3n) is 4.12. The summed E-state index contributed by atoms with van der Waals surface area (Å²) in [6, 6.07) is 5.56. The Morgan fingerprint density at radius 3 is 2.95 bits per heavy atom. The number of nitrogens with zero attached hydrogens (tertiary/aromatic N) is 1. The Morgan fingerprint density at radius 1 is 1.55 bits per heavy atom. The van der Waals surface area contributed by atoms with Crippen LogP contribution in [0.2, 0.25) is 5.02 Å². The second-order valence-electron chi connectivity index (χ2n) is 5.29. The highest BCUT2D eigenvalue weighted by molar-refractivity contribution is 9.10. The predicted molar refractivity (Wildman–Crippen MR) is 86.0 cm³/mol. The summed E-state index contributed by atoms with van der Waals surface area (Å²) in [5.74, 6) is 0.659. The van der Waals surface area contributed by atoms with Crippen LogP contribution in [0.3, 0.4) is 0 Å². The number of piperidine rings is 1. The molecule has 0 saturated carbocycles. The first-order valence-corrected chi connectivity index (χ1v) is 8.20. The van der Waals surface area contributed by atoms with Crippen molar-refractivity contribution in [1.29, 1.82) is 0 Å². The minimum Gasteiger partial charge on any atom is -0.334 e. The summed E-state index contributed by atoms with van der Waals surface area (Å²) in [4.78, 5) is 14.6. The Balaban J connectivity index is 2.22. The molecule has 0 aromatic heterocycles. The van der Waals surface area contributed by atoms with Gasteiger partial charge in [0.2, 0.25) is 0 Å². The molecule has 2 atom stereocenters. The number of hydrogen-bond acceptors (Lipinski definition) is 2. The molecule has 1 aromatic carbocycles. The number of amides is 1. The van der Waals surface area contributed by atoms with Gasteiger partial charge in [-0.3, -0.25) is 4.79 Å². The molecule has 0 aliphatic carbocycles. The van der Waals surface area contributed by atoms with Crippen molar-refractivity contribution in [2.24, 2.45) is 11.7 Å². The van der Waals surface area contributed by atoms with Crippen molar-refractivity contribution >= 4 is 33.4 Å². The molecule has 20 heavy (non-hydrogen) atoms. The van der Waals surface area contributed by atoms with Crippen molar-refractivity contribution in [2.45, 2.75) is 32.2 Å². The molecule has 1 saturated heterocycles. The summed E-state index contributed by atoms with van der Waals surface area (Å²) < 4.78 is 0.748. The number of benzene rings is 1. The molecule has 1 heterocycles. The zero-order valence-electron chi connectivity index (χ0n) is 11.6. The van der Waals surface area contributed by atoms with Crippen LogP contribution < -0.4 is 5.73 Å². The van der Waals surface area contributed by atoms with Crippen LogP contribution in [0.4, 0.5) is 0 Å². The molecule has 5 heteroatoms. The third kappa shape index (κ3) is 3.18. The number of rotatable bonds is 3. The fraction of sp³-hybridized carbons (Fsp3) is 0.533. The van der Waals surface area contributed by atoms with E-state index in [-0.39, 0.29) is 11.9 Å². The van der Waals surface area contributed by atoms with Gasteiger partial charge in [-0.2, -0.15) is 0 Å². The molecule has 1 aliphatic rings. The van der Waals surface area contributed by atoms with Crippen molar-refractivity contribution in [3.8, 4) is 0 Å². The molecule has 0 radical (unpaired) electrons. The van der Waals surface area contributed by atoms with Crippen molar-refractivity contribution < 1.29 is 4.79 Å². The quantitative estimate of drug-likeness (QED) is 0.894. The van der Waals surface area contributed by atoms with Crippen LogP contribution in [0.25, 0.3) is 0 Å². The summed E-state index contributed by atoms with van der Waals surface area (Å²) >= 11 is 9.59. The van der Waals surface area contributed by atoms with E-state index in [1.165, 1.54) is 0 Å².